The Bertz CT molecular complexity index is 781. The molecule has 0 saturated carbocycles. The van der Waals surface area contributed by atoms with Crippen LogP contribution in [0.5, 0.6) is 0 Å². The quantitative estimate of drug-likeness (QED) is 0.787. The topological polar surface area (TPSA) is 49.7 Å². The smallest absolute Gasteiger partial charge is 0.217 e. The van der Waals surface area contributed by atoms with Gasteiger partial charge in [-0.3, -0.25) is 5.01 Å². The number of halogens is 1. The van der Waals surface area contributed by atoms with E-state index in [-0.39, 0.29) is 0 Å². The van der Waals surface area contributed by atoms with Crippen LogP contribution >= 0.6 is 11.6 Å². The Hall–Kier alpha value is -1.85. The minimum atomic E-state index is -2.14. The molecule has 0 N–H and O–H groups in total. The number of benzene rings is 1. The Morgan fingerprint density at radius 2 is 1.90 bits per heavy atom. The third kappa shape index (κ3) is 3.09. The van der Waals surface area contributed by atoms with E-state index in [1.165, 1.54) is 0 Å². The van der Waals surface area contributed by atoms with Crippen molar-refractivity contribution in [3.05, 3.63) is 58.8 Å². The molecule has 0 unspecified atom stereocenters. The van der Waals surface area contributed by atoms with Gasteiger partial charge >= 0.3 is 0 Å². The highest BCUT2D eigenvalue weighted by Crippen LogP contribution is 2.22. The maximum atomic E-state index is 10.9. The largest absolute Gasteiger partial charge is 0.265 e. The molecule has 21 heavy (non-hydrogen) atoms. The molecule has 0 amide bonds. The molecule has 0 spiro atoms. The predicted molar refractivity (Wildman–Crippen MR) is 85.1 cm³/mol. The maximum Gasteiger partial charge on any atom is 0.217 e. The molecule has 4 nitrogen and oxygen atoms in total. The number of hydrogen-bond donors (Lipinski definition) is 0. The van der Waals surface area contributed by atoms with Crippen LogP contribution in [0.25, 0.3) is 0 Å². The predicted octanol–water partition coefficient (Wildman–Crippen LogP) is 2.65. The average molecular weight is 321 g/mol. The van der Waals surface area contributed by atoms with Crippen molar-refractivity contribution in [2.45, 2.75) is 12.8 Å². The van der Waals surface area contributed by atoms with Gasteiger partial charge in [-0.05, 0) is 29.8 Å². The summed E-state index contributed by atoms with van der Waals surface area (Å²) in [6, 6.07) is 7.63. The van der Waals surface area contributed by atoms with Crippen LogP contribution in [-0.2, 0) is 10.3 Å². The number of hydrazone groups is 1. The van der Waals surface area contributed by atoms with Gasteiger partial charge < -0.3 is 0 Å². The molecule has 2 aliphatic rings. The summed E-state index contributed by atoms with van der Waals surface area (Å²) < 4.78 is 21.8. The Morgan fingerprint density at radius 3 is 2.52 bits per heavy atom. The highest BCUT2D eigenvalue weighted by Gasteiger charge is 2.19. The molecule has 1 aliphatic carbocycles. The van der Waals surface area contributed by atoms with Gasteiger partial charge in [0.2, 0.25) is 10.3 Å². The van der Waals surface area contributed by atoms with Gasteiger partial charge in [-0.15, -0.1) is 0 Å². The number of allylic oxidation sites excluding steroid dienone is 3. The van der Waals surface area contributed by atoms with E-state index in [0.29, 0.717) is 16.3 Å². The average Bonchev–Trinajstić information content (AvgIpc) is 2.98. The fourth-order valence-corrected chi connectivity index (χ4v) is 2.85. The molecule has 1 aromatic rings. The van der Waals surface area contributed by atoms with Crippen molar-refractivity contribution in [1.29, 1.82) is 0 Å². The van der Waals surface area contributed by atoms with Gasteiger partial charge in [0, 0.05) is 24.4 Å². The molecule has 0 aromatic heterocycles. The molecule has 1 heterocycles. The van der Waals surface area contributed by atoms with Crippen molar-refractivity contribution in [1.82, 2.24) is 5.01 Å². The zero-order valence-corrected chi connectivity index (χ0v) is 12.7. The van der Waals surface area contributed by atoms with E-state index in [4.69, 9.17) is 11.6 Å². The van der Waals surface area contributed by atoms with Crippen molar-refractivity contribution < 1.29 is 8.42 Å². The van der Waals surface area contributed by atoms with Crippen molar-refractivity contribution in [3.8, 4) is 0 Å². The molecule has 1 aromatic carbocycles. The molecule has 108 valence electrons. The second-order valence-corrected chi connectivity index (χ2v) is 6.22. The number of nitrogens with zero attached hydrogens (tertiary/aromatic N) is 2. The summed E-state index contributed by atoms with van der Waals surface area (Å²) in [4.78, 5) is 0.403. The van der Waals surface area contributed by atoms with Gasteiger partial charge in [0.15, 0.2) is 0 Å². The van der Waals surface area contributed by atoms with Crippen LogP contribution in [0.3, 0.4) is 0 Å². The lowest BCUT2D eigenvalue weighted by atomic mass is 10.1. The van der Waals surface area contributed by atoms with Gasteiger partial charge in [-0.1, -0.05) is 29.8 Å². The fraction of sp³-hybridized carbons (Fsp3) is 0.200. The van der Waals surface area contributed by atoms with Crippen molar-refractivity contribution in [2.24, 2.45) is 5.10 Å². The summed E-state index contributed by atoms with van der Waals surface area (Å²) in [5.74, 6) is 0. The lowest BCUT2D eigenvalue weighted by molar-refractivity contribution is 0.413. The second kappa shape index (κ2) is 5.87. The maximum absolute atomic E-state index is 10.9. The van der Waals surface area contributed by atoms with E-state index in [9.17, 15) is 8.42 Å². The van der Waals surface area contributed by atoms with Gasteiger partial charge in [0.25, 0.3) is 0 Å². The monoisotopic (exact) mass is 320 g/mol. The van der Waals surface area contributed by atoms with Crippen LogP contribution in [0.4, 0.5) is 0 Å². The lowest BCUT2D eigenvalue weighted by Gasteiger charge is -2.16. The summed E-state index contributed by atoms with van der Waals surface area (Å²) in [5.41, 5.74) is 3.02. The normalized spacial score (nSPS) is 17.8. The van der Waals surface area contributed by atoms with Crippen molar-refractivity contribution in [3.63, 3.8) is 0 Å². The summed E-state index contributed by atoms with van der Waals surface area (Å²) in [5, 5.41) is 7.22. The van der Waals surface area contributed by atoms with Gasteiger partial charge in [0.05, 0.1) is 16.3 Å². The van der Waals surface area contributed by atoms with E-state index in [2.05, 4.69) is 5.10 Å². The van der Waals surface area contributed by atoms with E-state index >= 15 is 0 Å². The van der Waals surface area contributed by atoms with E-state index < -0.39 is 10.3 Å². The van der Waals surface area contributed by atoms with Crippen LogP contribution in [-0.4, -0.2) is 30.5 Å². The summed E-state index contributed by atoms with van der Waals surface area (Å²) in [6.07, 6.45) is 6.59. The zero-order valence-electron chi connectivity index (χ0n) is 11.2. The first-order valence-electron chi connectivity index (χ1n) is 6.58. The fourth-order valence-electron chi connectivity index (χ4n) is 2.32. The van der Waals surface area contributed by atoms with Crippen LogP contribution in [0.1, 0.15) is 18.4 Å². The molecule has 0 bridgehead atoms. The van der Waals surface area contributed by atoms with Crippen LogP contribution in [0.15, 0.2) is 53.3 Å². The molecule has 0 radical (unpaired) electrons. The molecule has 0 saturated heterocycles. The first kappa shape index (κ1) is 14.1. The van der Waals surface area contributed by atoms with Crippen LogP contribution in [0, 0.1) is 0 Å². The SMILES string of the molecule is O=S(=O)=C1C=CC(N2CCC(c3ccc(Cl)cc3)=N2)=CC1. The van der Waals surface area contributed by atoms with Crippen molar-refractivity contribution in [2.75, 3.05) is 6.54 Å². The van der Waals surface area contributed by atoms with Crippen molar-refractivity contribution >= 4 is 32.5 Å². The van der Waals surface area contributed by atoms with Crippen LogP contribution in [0.2, 0.25) is 5.02 Å². The highest BCUT2D eigenvalue weighted by atomic mass is 35.5. The van der Waals surface area contributed by atoms with E-state index in [0.717, 1.165) is 29.9 Å². The van der Waals surface area contributed by atoms with Gasteiger partial charge in [-0.25, -0.2) is 0 Å². The van der Waals surface area contributed by atoms with E-state index in [1.807, 2.05) is 35.4 Å². The summed E-state index contributed by atoms with van der Waals surface area (Å²) in [6.45, 7) is 0.796. The molecule has 0 fully saturated rings. The Balaban J connectivity index is 1.79. The Morgan fingerprint density at radius 1 is 1.14 bits per heavy atom. The van der Waals surface area contributed by atoms with Crippen LogP contribution < -0.4 is 0 Å². The second-order valence-electron chi connectivity index (χ2n) is 4.79. The lowest BCUT2D eigenvalue weighted by Crippen LogP contribution is -2.14. The molecule has 6 heteroatoms. The molecular weight excluding hydrogens is 308 g/mol. The third-order valence-electron chi connectivity index (χ3n) is 3.44. The Labute approximate surface area is 129 Å². The first-order valence-corrected chi connectivity index (χ1v) is 8.03. The molecular formula is C15H13ClN2O2S. The minimum absolute atomic E-state index is 0.403. The zero-order chi connectivity index (χ0) is 14.8. The van der Waals surface area contributed by atoms with E-state index in [1.54, 1.807) is 12.2 Å². The molecule has 1 aliphatic heterocycles. The first-order chi connectivity index (χ1) is 10.1. The summed E-state index contributed by atoms with van der Waals surface area (Å²) >= 11 is 5.89. The summed E-state index contributed by atoms with van der Waals surface area (Å²) in [7, 11) is -2.14. The van der Waals surface area contributed by atoms with Gasteiger partial charge in [0.1, 0.15) is 0 Å². The minimum Gasteiger partial charge on any atom is -0.265 e. The number of rotatable bonds is 2. The standard InChI is InChI=1S/C15H13ClN2O2S/c16-12-3-1-11(2-4-12)15-9-10-18(17-15)13-5-7-14(8-6-13)21(19)20/h1-7H,8-10H2. The van der Waals surface area contributed by atoms with Gasteiger partial charge in [-0.2, -0.15) is 13.5 Å². The number of hydrogen-bond acceptors (Lipinski definition) is 4. The molecule has 3 rings (SSSR count). The third-order valence-corrected chi connectivity index (χ3v) is 4.43. The highest BCUT2D eigenvalue weighted by molar-refractivity contribution is 7.73. The molecule has 0 atom stereocenters. The Kier molecular flexibility index (Phi) is 3.94.